The molecular formula is C19H27O4-. The predicted molar refractivity (Wildman–Crippen MR) is 90.4 cm³/mol. The minimum atomic E-state index is -1.68. The number of esters is 1. The van der Waals surface area contributed by atoms with E-state index in [2.05, 4.69) is 0 Å². The quantitative estimate of drug-likeness (QED) is 0.509. The van der Waals surface area contributed by atoms with Gasteiger partial charge in [0.1, 0.15) is 5.41 Å². The molecule has 4 heteroatoms. The lowest BCUT2D eigenvalue weighted by Gasteiger charge is -2.43. The van der Waals surface area contributed by atoms with Gasteiger partial charge in [-0.25, -0.2) is 0 Å². The summed E-state index contributed by atoms with van der Waals surface area (Å²) in [5.41, 5.74) is -3.21. The van der Waals surface area contributed by atoms with Crippen molar-refractivity contribution in [2.45, 2.75) is 47.6 Å². The lowest BCUT2D eigenvalue weighted by Crippen LogP contribution is -2.54. The van der Waals surface area contributed by atoms with E-state index in [1.165, 1.54) is 12.2 Å². The summed E-state index contributed by atoms with van der Waals surface area (Å²) < 4.78 is 5.37. The number of carboxylic acids is 1. The number of carbonyl (C=O) groups excluding carboxylic acids is 2. The van der Waals surface area contributed by atoms with Gasteiger partial charge in [-0.05, 0) is 41.5 Å². The third kappa shape index (κ3) is 4.21. The highest BCUT2D eigenvalue weighted by Crippen LogP contribution is 2.46. The Kier molecular flexibility index (Phi) is 8.30. The summed E-state index contributed by atoms with van der Waals surface area (Å²) in [4.78, 5) is 25.0. The van der Waals surface area contributed by atoms with Crippen LogP contribution >= 0.6 is 0 Å². The van der Waals surface area contributed by atoms with Gasteiger partial charge in [0, 0.05) is 0 Å². The number of carboxylic acid groups (broad SMARTS) is 1. The molecule has 23 heavy (non-hydrogen) atoms. The van der Waals surface area contributed by atoms with E-state index in [1.54, 1.807) is 78.0 Å². The molecule has 0 spiro atoms. The molecule has 0 aliphatic carbocycles. The van der Waals surface area contributed by atoms with Crippen molar-refractivity contribution in [1.82, 2.24) is 0 Å². The van der Waals surface area contributed by atoms with E-state index < -0.39 is 22.8 Å². The molecule has 0 aromatic heterocycles. The van der Waals surface area contributed by atoms with Crippen LogP contribution in [0.4, 0.5) is 0 Å². The number of allylic oxidation sites excluding steroid dienone is 4. The number of aliphatic carboxylic acids is 1. The van der Waals surface area contributed by atoms with Gasteiger partial charge in [-0.2, -0.15) is 0 Å². The van der Waals surface area contributed by atoms with Gasteiger partial charge >= 0.3 is 5.97 Å². The first-order valence-corrected chi connectivity index (χ1v) is 7.75. The van der Waals surface area contributed by atoms with Gasteiger partial charge in [0.25, 0.3) is 0 Å². The second-order valence-electron chi connectivity index (χ2n) is 5.48. The van der Waals surface area contributed by atoms with E-state index in [1.807, 2.05) is 0 Å². The fraction of sp³-hybridized carbons (Fsp3) is 0.474. The average molecular weight is 319 g/mol. The number of hydrogen-bond acceptors (Lipinski definition) is 4. The van der Waals surface area contributed by atoms with Gasteiger partial charge in [-0.3, -0.25) is 4.79 Å². The SMILES string of the molecule is CC=CC(C=CC)(C(=O)[O-])C(C=CC)(C=CC)C(=O)OC(C)C. The number of rotatable bonds is 8. The van der Waals surface area contributed by atoms with Gasteiger partial charge < -0.3 is 14.6 Å². The zero-order valence-electron chi connectivity index (χ0n) is 14.8. The first-order chi connectivity index (χ1) is 10.8. The Labute approximate surface area is 139 Å². The van der Waals surface area contributed by atoms with Gasteiger partial charge in [0.05, 0.1) is 17.5 Å². The van der Waals surface area contributed by atoms with Crippen molar-refractivity contribution in [3.63, 3.8) is 0 Å². The van der Waals surface area contributed by atoms with Gasteiger partial charge in [0.15, 0.2) is 0 Å². The fourth-order valence-corrected chi connectivity index (χ4v) is 2.64. The first kappa shape index (κ1) is 20.9. The molecule has 0 bridgehead atoms. The Morgan fingerprint density at radius 3 is 1.43 bits per heavy atom. The van der Waals surface area contributed by atoms with Crippen molar-refractivity contribution in [3.05, 3.63) is 48.6 Å². The molecule has 0 atom stereocenters. The van der Waals surface area contributed by atoms with Crippen molar-refractivity contribution >= 4 is 11.9 Å². The zero-order valence-corrected chi connectivity index (χ0v) is 14.8. The van der Waals surface area contributed by atoms with Crippen LogP contribution in [-0.4, -0.2) is 18.0 Å². The Hall–Kier alpha value is -2.10. The molecule has 4 nitrogen and oxygen atoms in total. The molecule has 0 aromatic carbocycles. The van der Waals surface area contributed by atoms with Crippen LogP contribution < -0.4 is 5.11 Å². The van der Waals surface area contributed by atoms with Crippen LogP contribution in [0.2, 0.25) is 0 Å². The Morgan fingerprint density at radius 2 is 1.17 bits per heavy atom. The van der Waals surface area contributed by atoms with Gasteiger partial charge in [0.2, 0.25) is 0 Å². The van der Waals surface area contributed by atoms with Crippen LogP contribution in [0.1, 0.15) is 41.5 Å². The van der Waals surface area contributed by atoms with E-state index in [0.29, 0.717) is 0 Å². The van der Waals surface area contributed by atoms with Gasteiger partial charge in [-0.15, -0.1) is 0 Å². The fourth-order valence-electron chi connectivity index (χ4n) is 2.64. The summed E-state index contributed by atoms with van der Waals surface area (Å²) in [6.45, 7) is 10.3. The minimum absolute atomic E-state index is 0.368. The Morgan fingerprint density at radius 1 is 0.826 bits per heavy atom. The standard InChI is InChI=1S/C19H28O4/c1-7-11-18(12-8-2,16(20)21)19(13-9-3,14-10-4)17(22)23-15(5)6/h7-15H,1-6H3,(H,20,21)/p-1. The van der Waals surface area contributed by atoms with Crippen LogP contribution in [-0.2, 0) is 14.3 Å². The maximum Gasteiger partial charge on any atom is 0.321 e. The summed E-state index contributed by atoms with van der Waals surface area (Å²) in [5.74, 6) is -2.00. The van der Waals surface area contributed by atoms with Crippen molar-refractivity contribution in [2.75, 3.05) is 0 Å². The molecular weight excluding hydrogens is 292 g/mol. The van der Waals surface area contributed by atoms with Crippen molar-refractivity contribution in [3.8, 4) is 0 Å². The lowest BCUT2D eigenvalue weighted by atomic mass is 9.62. The smallest absolute Gasteiger partial charge is 0.321 e. The normalized spacial score (nSPS) is 18.0. The lowest BCUT2D eigenvalue weighted by molar-refractivity contribution is -0.317. The van der Waals surface area contributed by atoms with E-state index in [-0.39, 0.29) is 6.10 Å². The molecule has 0 saturated carbocycles. The summed E-state index contributed by atoms with van der Waals surface area (Å²) in [7, 11) is 0. The van der Waals surface area contributed by atoms with Crippen molar-refractivity contribution < 1.29 is 19.4 Å². The monoisotopic (exact) mass is 319 g/mol. The summed E-state index contributed by atoms with van der Waals surface area (Å²) >= 11 is 0. The van der Waals surface area contributed by atoms with Crippen LogP contribution in [0.3, 0.4) is 0 Å². The summed E-state index contributed by atoms with van der Waals surface area (Å²) in [5, 5.41) is 12.1. The molecule has 0 aromatic rings. The van der Waals surface area contributed by atoms with E-state index >= 15 is 0 Å². The molecule has 0 amide bonds. The van der Waals surface area contributed by atoms with Gasteiger partial charge in [-0.1, -0.05) is 48.6 Å². The third-order valence-corrected chi connectivity index (χ3v) is 3.42. The summed E-state index contributed by atoms with van der Waals surface area (Å²) in [6.07, 6.45) is 12.1. The molecule has 0 heterocycles. The second-order valence-corrected chi connectivity index (χ2v) is 5.48. The molecule has 128 valence electrons. The average Bonchev–Trinajstić information content (AvgIpc) is 2.45. The van der Waals surface area contributed by atoms with Crippen LogP contribution in [0.5, 0.6) is 0 Å². The molecule has 0 N–H and O–H groups in total. The molecule has 0 rings (SSSR count). The molecule has 0 radical (unpaired) electrons. The Bertz CT molecular complexity index is 497. The van der Waals surface area contributed by atoms with Crippen molar-refractivity contribution in [2.24, 2.45) is 10.8 Å². The highest BCUT2D eigenvalue weighted by molar-refractivity contribution is 5.93. The second kappa shape index (κ2) is 9.13. The van der Waals surface area contributed by atoms with Crippen LogP contribution in [0.25, 0.3) is 0 Å². The Balaban J connectivity index is 6.79. The maximum atomic E-state index is 12.9. The number of carbonyl (C=O) groups is 2. The number of hydrogen-bond donors (Lipinski definition) is 0. The highest BCUT2D eigenvalue weighted by atomic mass is 16.5. The number of ether oxygens (including phenoxy) is 1. The van der Waals surface area contributed by atoms with Crippen molar-refractivity contribution in [1.29, 1.82) is 0 Å². The van der Waals surface area contributed by atoms with E-state index in [0.717, 1.165) is 0 Å². The molecule has 0 saturated heterocycles. The maximum absolute atomic E-state index is 12.9. The zero-order chi connectivity index (χ0) is 18.1. The predicted octanol–water partition coefficient (Wildman–Crippen LogP) is 2.97. The largest absolute Gasteiger partial charge is 0.549 e. The molecule has 0 unspecified atom stereocenters. The minimum Gasteiger partial charge on any atom is -0.549 e. The first-order valence-electron chi connectivity index (χ1n) is 7.75. The van der Waals surface area contributed by atoms with E-state index in [9.17, 15) is 14.7 Å². The summed E-state index contributed by atoms with van der Waals surface area (Å²) in [6, 6.07) is 0. The molecule has 0 fully saturated rings. The van der Waals surface area contributed by atoms with E-state index in [4.69, 9.17) is 4.74 Å². The highest BCUT2D eigenvalue weighted by Gasteiger charge is 2.52. The topological polar surface area (TPSA) is 66.4 Å². The third-order valence-electron chi connectivity index (χ3n) is 3.42. The van der Waals surface area contributed by atoms with Crippen LogP contribution in [0.15, 0.2) is 48.6 Å². The molecule has 0 aliphatic rings. The van der Waals surface area contributed by atoms with Crippen LogP contribution in [0, 0.1) is 10.8 Å². The molecule has 0 aliphatic heterocycles.